The van der Waals surface area contributed by atoms with Crippen molar-refractivity contribution in [3.8, 4) is 0 Å². The highest BCUT2D eigenvalue weighted by atomic mass is 19.1. The van der Waals surface area contributed by atoms with E-state index in [0.717, 1.165) is 19.3 Å². The van der Waals surface area contributed by atoms with Gasteiger partial charge in [-0.05, 0) is 6.42 Å². The van der Waals surface area contributed by atoms with E-state index < -0.39 is 54.2 Å². The Hall–Kier alpha value is -2.04. The van der Waals surface area contributed by atoms with E-state index in [1.807, 2.05) is 0 Å². The summed E-state index contributed by atoms with van der Waals surface area (Å²) < 4.78 is 24.9. The smallest absolute Gasteiger partial charge is 0.330 e. The molecule has 3 N–H and O–H groups in total. The monoisotopic (exact) mass is 444 g/mol. The van der Waals surface area contributed by atoms with Crippen molar-refractivity contribution in [2.75, 3.05) is 6.61 Å². The topological polar surface area (TPSA) is 131 Å². The standard InChI is InChI=1S/C21H33FN2O7/c1-2-3-4-5-6-7-8-9-10-11-16(26)31-18-15(13-25)30-20(17(18)27)24-12-14(22)19(28)23-21(24)29/h12,15,17-18,20,25,27H,2-11,13H2,1H3,(H,23,28,29)/t15-,17-,18-,20-/m1/s1. The van der Waals surface area contributed by atoms with Crippen molar-refractivity contribution >= 4 is 5.97 Å². The molecule has 1 aromatic rings. The predicted octanol–water partition coefficient (Wildman–Crippen LogP) is 1.76. The van der Waals surface area contributed by atoms with Crippen molar-refractivity contribution in [3.05, 3.63) is 32.9 Å². The number of esters is 1. The van der Waals surface area contributed by atoms with Gasteiger partial charge in [-0.2, -0.15) is 4.39 Å². The van der Waals surface area contributed by atoms with Crippen LogP contribution in [0.1, 0.15) is 77.4 Å². The van der Waals surface area contributed by atoms with Crippen LogP contribution in [0.5, 0.6) is 0 Å². The molecule has 0 unspecified atom stereocenters. The Kier molecular flexibility index (Phi) is 10.4. The second kappa shape index (κ2) is 12.7. The summed E-state index contributed by atoms with van der Waals surface area (Å²) in [5.74, 6) is -1.78. The summed E-state index contributed by atoms with van der Waals surface area (Å²) in [4.78, 5) is 37.1. The largest absolute Gasteiger partial charge is 0.457 e. The lowest BCUT2D eigenvalue weighted by Crippen LogP contribution is -2.40. The molecule has 9 nitrogen and oxygen atoms in total. The molecule has 0 saturated carbocycles. The van der Waals surface area contributed by atoms with E-state index in [1.54, 1.807) is 4.98 Å². The first-order valence-electron chi connectivity index (χ1n) is 11.0. The third-order valence-corrected chi connectivity index (χ3v) is 5.44. The number of unbranched alkanes of at least 4 members (excludes halogenated alkanes) is 8. The van der Waals surface area contributed by atoms with Crippen LogP contribution in [0.3, 0.4) is 0 Å². The molecular weight excluding hydrogens is 411 g/mol. The maximum Gasteiger partial charge on any atom is 0.330 e. The number of aliphatic hydroxyl groups excluding tert-OH is 2. The molecule has 1 saturated heterocycles. The zero-order valence-corrected chi connectivity index (χ0v) is 17.9. The Morgan fingerprint density at radius 3 is 2.39 bits per heavy atom. The van der Waals surface area contributed by atoms with Crippen molar-refractivity contribution in [1.29, 1.82) is 0 Å². The van der Waals surface area contributed by atoms with Crippen molar-refractivity contribution in [2.45, 2.75) is 95.7 Å². The zero-order valence-electron chi connectivity index (χ0n) is 17.9. The molecule has 1 aliphatic rings. The molecule has 2 rings (SSSR count). The summed E-state index contributed by atoms with van der Waals surface area (Å²) >= 11 is 0. The van der Waals surface area contributed by atoms with Gasteiger partial charge in [0, 0.05) is 6.42 Å². The summed E-state index contributed by atoms with van der Waals surface area (Å²) in [5.41, 5.74) is -2.19. The highest BCUT2D eigenvalue weighted by molar-refractivity contribution is 5.69. The van der Waals surface area contributed by atoms with Crippen LogP contribution in [0, 0.1) is 5.82 Å². The minimum absolute atomic E-state index is 0.162. The normalized spacial score (nSPS) is 23.2. The lowest BCUT2D eigenvalue weighted by Gasteiger charge is -2.20. The minimum Gasteiger partial charge on any atom is -0.457 e. The van der Waals surface area contributed by atoms with Crippen LogP contribution in [-0.4, -0.2) is 50.7 Å². The number of hydrogen-bond acceptors (Lipinski definition) is 7. The SMILES string of the molecule is CCCCCCCCCCCC(=O)O[C@H]1[C@@H](O)[C@H](n2cc(F)c(=O)[nH]c2=O)O[C@@H]1CO. The number of rotatable bonds is 13. The Morgan fingerprint density at radius 2 is 1.77 bits per heavy atom. The number of halogens is 1. The zero-order chi connectivity index (χ0) is 22.8. The number of H-pyrrole nitrogens is 1. The van der Waals surface area contributed by atoms with Gasteiger partial charge in [0.05, 0.1) is 12.8 Å². The molecule has 0 radical (unpaired) electrons. The van der Waals surface area contributed by atoms with E-state index in [1.165, 1.54) is 32.1 Å². The van der Waals surface area contributed by atoms with Gasteiger partial charge in [-0.25, -0.2) is 4.79 Å². The molecule has 0 aromatic carbocycles. The van der Waals surface area contributed by atoms with Gasteiger partial charge < -0.3 is 19.7 Å². The Morgan fingerprint density at radius 1 is 1.16 bits per heavy atom. The highest BCUT2D eigenvalue weighted by Gasteiger charge is 2.47. The van der Waals surface area contributed by atoms with Crippen molar-refractivity contribution < 1.29 is 28.9 Å². The number of hydrogen-bond donors (Lipinski definition) is 3. The van der Waals surface area contributed by atoms with E-state index in [2.05, 4.69) is 6.92 Å². The van der Waals surface area contributed by atoms with Gasteiger partial charge in [0.25, 0.3) is 5.56 Å². The first-order valence-corrected chi connectivity index (χ1v) is 11.0. The van der Waals surface area contributed by atoms with Crippen LogP contribution < -0.4 is 11.2 Å². The van der Waals surface area contributed by atoms with Gasteiger partial charge >= 0.3 is 11.7 Å². The quantitative estimate of drug-likeness (QED) is 0.312. The van der Waals surface area contributed by atoms with Crippen molar-refractivity contribution in [3.63, 3.8) is 0 Å². The number of nitrogens with one attached hydrogen (secondary N) is 1. The number of carbonyl (C=O) groups is 1. The average Bonchev–Trinajstić information content (AvgIpc) is 3.04. The van der Waals surface area contributed by atoms with Crippen LogP contribution in [-0.2, 0) is 14.3 Å². The summed E-state index contributed by atoms with van der Waals surface area (Å²) in [6.07, 6.45) is 5.42. The Balaban J connectivity index is 1.81. The first-order chi connectivity index (χ1) is 14.9. The summed E-state index contributed by atoms with van der Waals surface area (Å²) in [5, 5.41) is 20.0. The number of carbonyl (C=O) groups excluding carboxylic acids is 1. The van der Waals surface area contributed by atoms with Gasteiger partial charge in [0.1, 0.15) is 12.2 Å². The van der Waals surface area contributed by atoms with Crippen molar-refractivity contribution in [2.24, 2.45) is 0 Å². The maximum absolute atomic E-state index is 13.6. The molecule has 0 aliphatic carbocycles. The third-order valence-electron chi connectivity index (χ3n) is 5.44. The van der Waals surface area contributed by atoms with Crippen LogP contribution in [0.4, 0.5) is 4.39 Å². The van der Waals surface area contributed by atoms with Gasteiger partial charge in [0.2, 0.25) is 5.82 Å². The highest BCUT2D eigenvalue weighted by Crippen LogP contribution is 2.30. The molecule has 0 amide bonds. The Bertz CT molecular complexity index is 810. The number of aliphatic hydroxyl groups is 2. The summed E-state index contributed by atoms with van der Waals surface area (Å²) in [7, 11) is 0. The molecule has 10 heteroatoms. The summed E-state index contributed by atoms with van der Waals surface area (Å²) in [6, 6.07) is 0. The number of nitrogens with zero attached hydrogens (tertiary/aromatic N) is 1. The molecule has 2 heterocycles. The maximum atomic E-state index is 13.6. The fourth-order valence-electron chi connectivity index (χ4n) is 3.68. The molecule has 31 heavy (non-hydrogen) atoms. The molecule has 4 atom stereocenters. The molecule has 1 fully saturated rings. The lowest BCUT2D eigenvalue weighted by molar-refractivity contribution is -0.156. The third kappa shape index (κ3) is 7.26. The first kappa shape index (κ1) is 25.2. The van der Waals surface area contributed by atoms with Crippen molar-refractivity contribution in [1.82, 2.24) is 9.55 Å². The van der Waals surface area contributed by atoms with E-state index in [9.17, 15) is 29.0 Å². The number of aromatic amines is 1. The van der Waals surface area contributed by atoms with E-state index in [0.29, 0.717) is 17.2 Å². The van der Waals surface area contributed by atoms with Crippen LogP contribution in [0.2, 0.25) is 0 Å². The second-order valence-electron chi connectivity index (χ2n) is 7.91. The van der Waals surface area contributed by atoms with E-state index in [4.69, 9.17) is 9.47 Å². The molecule has 1 aromatic heterocycles. The van der Waals surface area contributed by atoms with Gasteiger partial charge in [-0.3, -0.25) is 19.1 Å². The average molecular weight is 445 g/mol. The van der Waals surface area contributed by atoms with Crippen LogP contribution in [0.25, 0.3) is 0 Å². The lowest BCUT2D eigenvalue weighted by atomic mass is 10.1. The molecule has 176 valence electrons. The Labute approximate surface area is 180 Å². The van der Waals surface area contributed by atoms with Gasteiger partial charge in [-0.15, -0.1) is 0 Å². The van der Waals surface area contributed by atoms with Crippen LogP contribution in [0.15, 0.2) is 15.8 Å². The number of aromatic nitrogens is 2. The number of ether oxygens (including phenoxy) is 2. The summed E-state index contributed by atoms with van der Waals surface area (Å²) in [6.45, 7) is 1.60. The molecule has 0 bridgehead atoms. The minimum atomic E-state index is -1.52. The fraction of sp³-hybridized carbons (Fsp3) is 0.762. The van der Waals surface area contributed by atoms with E-state index >= 15 is 0 Å². The van der Waals surface area contributed by atoms with E-state index in [-0.39, 0.29) is 6.42 Å². The van der Waals surface area contributed by atoms with Gasteiger partial charge in [-0.1, -0.05) is 58.3 Å². The predicted molar refractivity (Wildman–Crippen MR) is 110 cm³/mol. The van der Waals surface area contributed by atoms with Gasteiger partial charge in [0.15, 0.2) is 12.3 Å². The second-order valence-corrected chi connectivity index (χ2v) is 7.91. The molecular formula is C21H33FN2O7. The fourth-order valence-corrected chi connectivity index (χ4v) is 3.68. The van der Waals surface area contributed by atoms with Crippen LogP contribution >= 0.6 is 0 Å². The molecule has 1 aliphatic heterocycles. The molecule has 0 spiro atoms.